The molecule has 0 fully saturated rings. The van der Waals surface area contributed by atoms with Gasteiger partial charge < -0.3 is 15.1 Å². The fourth-order valence-corrected chi connectivity index (χ4v) is 1.98. The van der Waals surface area contributed by atoms with Crippen LogP contribution < -0.4 is 16.2 Å². The van der Waals surface area contributed by atoms with Crippen LogP contribution in [0.4, 0.5) is 0 Å². The Labute approximate surface area is 138 Å². The number of aromatic nitrogens is 2. The first-order valence-electron chi connectivity index (χ1n) is 7.80. The molecule has 2 aromatic rings. The van der Waals surface area contributed by atoms with Crippen molar-refractivity contribution in [2.24, 2.45) is 0 Å². The van der Waals surface area contributed by atoms with E-state index in [1.54, 1.807) is 12.1 Å². The predicted molar refractivity (Wildman–Crippen MR) is 86.8 cm³/mol. The second-order valence-electron chi connectivity index (χ2n) is 5.12. The van der Waals surface area contributed by atoms with Crippen LogP contribution in [0.5, 0.6) is 0 Å². The van der Waals surface area contributed by atoms with Crippen LogP contribution in [0.2, 0.25) is 0 Å². The van der Waals surface area contributed by atoms with Gasteiger partial charge in [0, 0.05) is 25.7 Å². The number of amides is 2. The molecule has 0 aliphatic heterocycles. The van der Waals surface area contributed by atoms with Crippen LogP contribution in [0.15, 0.2) is 39.7 Å². The van der Waals surface area contributed by atoms with Crippen LogP contribution in [0.3, 0.4) is 0 Å². The van der Waals surface area contributed by atoms with Crippen LogP contribution in [0.1, 0.15) is 40.8 Å². The van der Waals surface area contributed by atoms with Gasteiger partial charge in [-0.25, -0.2) is 4.68 Å². The van der Waals surface area contributed by atoms with E-state index in [4.69, 9.17) is 4.42 Å². The maximum atomic E-state index is 12.0. The minimum atomic E-state index is -0.396. The molecule has 0 spiro atoms. The van der Waals surface area contributed by atoms with Gasteiger partial charge in [-0.2, -0.15) is 5.10 Å². The molecular formula is C16H20N4O4. The van der Waals surface area contributed by atoms with Crippen molar-refractivity contribution in [1.29, 1.82) is 0 Å². The Kier molecular flexibility index (Phi) is 6.30. The third-order valence-corrected chi connectivity index (χ3v) is 3.26. The van der Waals surface area contributed by atoms with E-state index in [-0.39, 0.29) is 36.0 Å². The zero-order chi connectivity index (χ0) is 17.4. The lowest BCUT2D eigenvalue weighted by atomic mass is 10.3. The summed E-state index contributed by atoms with van der Waals surface area (Å²) in [7, 11) is 0. The average molecular weight is 332 g/mol. The number of unbranched alkanes of at least 4 members (excludes halogenated alkanes) is 1. The first-order valence-corrected chi connectivity index (χ1v) is 7.80. The zero-order valence-electron chi connectivity index (χ0n) is 13.4. The van der Waals surface area contributed by atoms with E-state index in [0.29, 0.717) is 6.54 Å². The average Bonchev–Trinajstić information content (AvgIpc) is 3.12. The summed E-state index contributed by atoms with van der Waals surface area (Å²) in [6.45, 7) is 2.98. The van der Waals surface area contributed by atoms with Crippen molar-refractivity contribution in [3.63, 3.8) is 0 Å². The molecule has 0 saturated heterocycles. The van der Waals surface area contributed by atoms with Crippen LogP contribution in [0, 0.1) is 0 Å². The molecule has 8 nitrogen and oxygen atoms in total. The molecule has 0 bridgehead atoms. The second kappa shape index (κ2) is 8.66. The fraction of sp³-hybridized carbons (Fsp3) is 0.375. The van der Waals surface area contributed by atoms with E-state index in [2.05, 4.69) is 15.7 Å². The molecule has 24 heavy (non-hydrogen) atoms. The number of nitrogens with one attached hydrogen (secondary N) is 2. The van der Waals surface area contributed by atoms with Crippen molar-refractivity contribution in [3.8, 4) is 0 Å². The number of nitrogens with zero attached hydrogens (tertiary/aromatic N) is 2. The Morgan fingerprint density at radius 1 is 1.17 bits per heavy atom. The summed E-state index contributed by atoms with van der Waals surface area (Å²) >= 11 is 0. The Morgan fingerprint density at radius 3 is 2.58 bits per heavy atom. The second-order valence-corrected chi connectivity index (χ2v) is 5.12. The molecular weight excluding hydrogens is 312 g/mol. The first-order chi connectivity index (χ1) is 11.6. The number of hydrogen-bond donors (Lipinski definition) is 2. The summed E-state index contributed by atoms with van der Waals surface area (Å²) in [5.74, 6) is -0.529. The molecule has 0 unspecified atom stereocenters. The topological polar surface area (TPSA) is 106 Å². The highest BCUT2D eigenvalue weighted by atomic mass is 16.3. The summed E-state index contributed by atoms with van der Waals surface area (Å²) in [6, 6.07) is 5.89. The van der Waals surface area contributed by atoms with E-state index in [0.717, 1.165) is 12.8 Å². The van der Waals surface area contributed by atoms with Crippen LogP contribution in [-0.4, -0.2) is 34.7 Å². The summed E-state index contributed by atoms with van der Waals surface area (Å²) in [5.41, 5.74) is -0.0613. The van der Waals surface area contributed by atoms with E-state index in [9.17, 15) is 14.4 Å². The minimum absolute atomic E-state index is 0.170. The molecule has 2 amide bonds. The molecule has 0 aliphatic carbocycles. The molecule has 2 rings (SSSR count). The molecule has 128 valence electrons. The van der Waals surface area contributed by atoms with E-state index >= 15 is 0 Å². The van der Waals surface area contributed by atoms with Crippen molar-refractivity contribution >= 4 is 11.8 Å². The van der Waals surface area contributed by atoms with Crippen molar-refractivity contribution in [2.75, 3.05) is 13.1 Å². The number of furan rings is 1. The van der Waals surface area contributed by atoms with Crippen molar-refractivity contribution in [1.82, 2.24) is 20.4 Å². The standard InChI is InChI=1S/C16H20N4O4/c1-2-3-10-20-14(21)7-6-12(19-20)15(22)17-8-9-18-16(23)13-5-4-11-24-13/h4-7,11H,2-3,8-10H2,1H3,(H,17,22)(H,18,23). The van der Waals surface area contributed by atoms with Gasteiger partial charge in [-0.3, -0.25) is 14.4 Å². The number of aryl methyl sites for hydroxylation is 1. The molecule has 0 aromatic carbocycles. The highest BCUT2D eigenvalue weighted by Crippen LogP contribution is 1.98. The van der Waals surface area contributed by atoms with Gasteiger partial charge in [-0.15, -0.1) is 0 Å². The molecule has 0 saturated carbocycles. The fourth-order valence-electron chi connectivity index (χ4n) is 1.98. The molecule has 0 radical (unpaired) electrons. The third-order valence-electron chi connectivity index (χ3n) is 3.26. The highest BCUT2D eigenvalue weighted by Gasteiger charge is 2.10. The number of carbonyl (C=O) groups excluding carboxylic acids is 2. The predicted octanol–water partition coefficient (Wildman–Crippen LogP) is 0.796. The number of rotatable bonds is 8. The maximum Gasteiger partial charge on any atom is 0.287 e. The molecule has 2 aromatic heterocycles. The van der Waals surface area contributed by atoms with Gasteiger partial charge in [-0.05, 0) is 24.6 Å². The smallest absolute Gasteiger partial charge is 0.287 e. The van der Waals surface area contributed by atoms with Crippen molar-refractivity contribution in [3.05, 3.63) is 52.3 Å². The Morgan fingerprint density at radius 2 is 1.92 bits per heavy atom. The van der Waals surface area contributed by atoms with E-state index in [1.165, 1.54) is 23.1 Å². The van der Waals surface area contributed by atoms with Gasteiger partial charge in [0.2, 0.25) is 0 Å². The summed E-state index contributed by atoms with van der Waals surface area (Å²) in [6.07, 6.45) is 3.16. The SMILES string of the molecule is CCCCn1nc(C(=O)NCCNC(=O)c2ccco2)ccc1=O. The quantitative estimate of drug-likeness (QED) is 0.695. The molecule has 2 N–H and O–H groups in total. The lowest BCUT2D eigenvalue weighted by molar-refractivity contribution is 0.0908. The lowest BCUT2D eigenvalue weighted by Gasteiger charge is -2.08. The highest BCUT2D eigenvalue weighted by molar-refractivity contribution is 5.92. The Hall–Kier alpha value is -2.90. The Balaban J connectivity index is 1.82. The van der Waals surface area contributed by atoms with E-state index < -0.39 is 5.91 Å². The van der Waals surface area contributed by atoms with E-state index in [1.807, 2.05) is 6.92 Å². The van der Waals surface area contributed by atoms with Crippen LogP contribution in [-0.2, 0) is 6.54 Å². The van der Waals surface area contributed by atoms with Crippen molar-refractivity contribution in [2.45, 2.75) is 26.3 Å². The normalized spacial score (nSPS) is 10.4. The first kappa shape index (κ1) is 17.5. The summed E-state index contributed by atoms with van der Waals surface area (Å²) < 4.78 is 6.25. The maximum absolute atomic E-state index is 12.0. The summed E-state index contributed by atoms with van der Waals surface area (Å²) in [4.78, 5) is 35.3. The minimum Gasteiger partial charge on any atom is -0.459 e. The monoisotopic (exact) mass is 332 g/mol. The van der Waals surface area contributed by atoms with Crippen LogP contribution >= 0.6 is 0 Å². The molecule has 0 atom stereocenters. The Bertz CT molecular complexity index is 737. The molecule has 0 aliphatic rings. The van der Waals surface area contributed by atoms with Gasteiger partial charge in [0.05, 0.1) is 6.26 Å². The van der Waals surface area contributed by atoms with Crippen LogP contribution in [0.25, 0.3) is 0 Å². The van der Waals surface area contributed by atoms with Gasteiger partial charge in [0.15, 0.2) is 5.76 Å². The van der Waals surface area contributed by atoms with Gasteiger partial charge in [-0.1, -0.05) is 13.3 Å². The lowest BCUT2D eigenvalue weighted by Crippen LogP contribution is -2.36. The van der Waals surface area contributed by atoms with Gasteiger partial charge in [0.25, 0.3) is 17.4 Å². The third kappa shape index (κ3) is 4.80. The van der Waals surface area contributed by atoms with Gasteiger partial charge >= 0.3 is 0 Å². The van der Waals surface area contributed by atoms with Crippen molar-refractivity contribution < 1.29 is 14.0 Å². The number of carbonyl (C=O) groups is 2. The zero-order valence-corrected chi connectivity index (χ0v) is 13.4. The molecule has 8 heteroatoms. The molecule has 2 heterocycles. The summed E-state index contributed by atoms with van der Waals surface area (Å²) in [5, 5.41) is 9.31. The largest absolute Gasteiger partial charge is 0.459 e. The van der Waals surface area contributed by atoms with Gasteiger partial charge in [0.1, 0.15) is 5.69 Å². The number of hydrogen-bond acceptors (Lipinski definition) is 5.